The molecule has 162 valence electrons. The van der Waals surface area contributed by atoms with Crippen LogP contribution in [0.1, 0.15) is 38.8 Å². The number of hydrogen-bond donors (Lipinski definition) is 2. The van der Waals surface area contributed by atoms with E-state index in [9.17, 15) is 14.0 Å². The Balaban J connectivity index is 1.69. The smallest absolute Gasteiger partial charge is 0.230 e. The molecule has 2 heterocycles. The molecule has 2 atom stereocenters. The molecule has 2 aromatic carbocycles. The van der Waals surface area contributed by atoms with E-state index < -0.39 is 23.3 Å². The minimum Gasteiger partial charge on any atom is -0.337 e. The number of benzene rings is 2. The summed E-state index contributed by atoms with van der Waals surface area (Å²) in [5.41, 5.74) is 1.43. The molecular weight excluding hydrogens is 457 g/mol. The highest BCUT2D eigenvalue weighted by molar-refractivity contribution is 7.73. The lowest BCUT2D eigenvalue weighted by Gasteiger charge is -2.38. The number of likely N-dealkylation sites (tertiary alicyclic amines) is 1. The van der Waals surface area contributed by atoms with E-state index in [4.69, 9.17) is 23.8 Å². The van der Waals surface area contributed by atoms with E-state index >= 15 is 0 Å². The summed E-state index contributed by atoms with van der Waals surface area (Å²) in [6.07, 6.45) is 0.0428. The van der Waals surface area contributed by atoms with E-state index in [0.29, 0.717) is 15.2 Å². The molecule has 0 bridgehead atoms. The minimum atomic E-state index is -0.677. The average Bonchev–Trinajstić information content (AvgIpc) is 3.22. The standard InChI is InChI=1S/C22H21ClFN3O2S2/c1-22(2,3)27-18(28)10-13(19(27)11-4-6-14(23)15(24)8-11)20(29)25-12-5-7-17-16(9-12)26-21(30)31-17/h4-9,13,19H,10H2,1-3H3,(H,25,29)(H,26,30). The van der Waals surface area contributed by atoms with E-state index in [1.807, 2.05) is 32.9 Å². The lowest BCUT2D eigenvalue weighted by Crippen LogP contribution is -2.45. The van der Waals surface area contributed by atoms with Crippen molar-refractivity contribution in [2.24, 2.45) is 5.92 Å². The van der Waals surface area contributed by atoms with Gasteiger partial charge in [-0.3, -0.25) is 9.59 Å². The molecule has 1 saturated heterocycles. The summed E-state index contributed by atoms with van der Waals surface area (Å²) in [6, 6.07) is 9.33. The number of carbonyl (C=O) groups is 2. The first-order valence-corrected chi connectivity index (χ1v) is 11.4. The topological polar surface area (TPSA) is 65.2 Å². The van der Waals surface area contributed by atoms with Crippen LogP contribution in [0.2, 0.25) is 5.02 Å². The summed E-state index contributed by atoms with van der Waals surface area (Å²) < 4.78 is 15.9. The molecule has 1 aliphatic rings. The number of nitrogens with one attached hydrogen (secondary N) is 2. The number of nitrogens with zero attached hydrogens (tertiary/aromatic N) is 1. The van der Waals surface area contributed by atoms with E-state index in [2.05, 4.69) is 10.3 Å². The first kappa shape index (κ1) is 21.9. The van der Waals surface area contributed by atoms with Crippen molar-refractivity contribution in [1.82, 2.24) is 9.88 Å². The molecule has 1 aromatic heterocycles. The molecular formula is C22H21ClFN3O2S2. The Bertz CT molecular complexity index is 1250. The van der Waals surface area contributed by atoms with Crippen molar-refractivity contribution in [3.05, 3.63) is 56.8 Å². The summed E-state index contributed by atoms with van der Waals surface area (Å²) in [7, 11) is 0. The van der Waals surface area contributed by atoms with Gasteiger partial charge in [0.1, 0.15) is 5.82 Å². The van der Waals surface area contributed by atoms with E-state index in [1.165, 1.54) is 23.5 Å². The molecule has 4 rings (SSSR count). The SMILES string of the molecule is CC(C)(C)N1C(=O)CC(C(=O)Nc2ccc3sc(=S)[nH]c3c2)C1c1ccc(Cl)c(F)c1. The van der Waals surface area contributed by atoms with Gasteiger partial charge in [0.2, 0.25) is 11.8 Å². The zero-order valence-corrected chi connectivity index (χ0v) is 19.6. The predicted molar refractivity (Wildman–Crippen MR) is 124 cm³/mol. The first-order chi connectivity index (χ1) is 14.5. The normalized spacial score (nSPS) is 19.3. The van der Waals surface area contributed by atoms with Gasteiger partial charge in [-0.1, -0.05) is 17.7 Å². The number of fused-ring (bicyclic) bond motifs is 1. The van der Waals surface area contributed by atoms with Crippen LogP contribution < -0.4 is 5.32 Å². The Morgan fingerprint density at radius 2 is 2.03 bits per heavy atom. The van der Waals surface area contributed by atoms with Gasteiger partial charge in [0, 0.05) is 17.6 Å². The molecule has 2 unspecified atom stereocenters. The number of thiazole rings is 1. The Hall–Kier alpha value is -2.29. The number of halogens is 2. The van der Waals surface area contributed by atoms with Gasteiger partial charge in [0.05, 0.1) is 27.2 Å². The van der Waals surface area contributed by atoms with Gasteiger partial charge < -0.3 is 15.2 Å². The van der Waals surface area contributed by atoms with Crippen LogP contribution >= 0.6 is 35.2 Å². The van der Waals surface area contributed by atoms with Crippen molar-refractivity contribution in [2.75, 3.05) is 5.32 Å². The van der Waals surface area contributed by atoms with Crippen molar-refractivity contribution < 1.29 is 14.0 Å². The maximum Gasteiger partial charge on any atom is 0.230 e. The Morgan fingerprint density at radius 3 is 2.71 bits per heavy atom. The van der Waals surface area contributed by atoms with Crippen LogP contribution in [0.25, 0.3) is 10.2 Å². The molecule has 1 aliphatic heterocycles. The van der Waals surface area contributed by atoms with E-state index in [1.54, 1.807) is 17.0 Å². The van der Waals surface area contributed by atoms with Crippen LogP contribution in [0.3, 0.4) is 0 Å². The maximum atomic E-state index is 14.2. The Labute approximate surface area is 193 Å². The van der Waals surface area contributed by atoms with Gasteiger partial charge >= 0.3 is 0 Å². The summed E-state index contributed by atoms with van der Waals surface area (Å²) in [5.74, 6) is -1.70. The van der Waals surface area contributed by atoms with E-state index in [-0.39, 0.29) is 23.3 Å². The quantitative estimate of drug-likeness (QED) is 0.449. The van der Waals surface area contributed by atoms with Crippen LogP contribution in [0, 0.1) is 15.7 Å². The summed E-state index contributed by atoms with van der Waals surface area (Å²) in [4.78, 5) is 30.9. The van der Waals surface area contributed by atoms with Crippen molar-refractivity contribution in [1.29, 1.82) is 0 Å². The minimum absolute atomic E-state index is 0.00203. The summed E-state index contributed by atoms with van der Waals surface area (Å²) >= 11 is 12.5. The van der Waals surface area contributed by atoms with Crippen LogP contribution in [0.5, 0.6) is 0 Å². The molecule has 9 heteroatoms. The van der Waals surface area contributed by atoms with Gasteiger partial charge in [-0.15, -0.1) is 11.3 Å². The summed E-state index contributed by atoms with van der Waals surface area (Å²) in [5, 5.41) is 2.91. The van der Waals surface area contributed by atoms with Crippen LogP contribution in [0.15, 0.2) is 36.4 Å². The van der Waals surface area contributed by atoms with E-state index in [0.717, 1.165) is 10.2 Å². The third-order valence-electron chi connectivity index (χ3n) is 5.35. The van der Waals surface area contributed by atoms with Gasteiger partial charge in [-0.05, 0) is 68.9 Å². The zero-order valence-electron chi connectivity index (χ0n) is 17.2. The van der Waals surface area contributed by atoms with Gasteiger partial charge in [0.25, 0.3) is 0 Å². The molecule has 0 spiro atoms. The molecule has 0 radical (unpaired) electrons. The monoisotopic (exact) mass is 477 g/mol. The number of amides is 2. The number of aromatic nitrogens is 1. The number of aromatic amines is 1. The summed E-state index contributed by atoms with van der Waals surface area (Å²) in [6.45, 7) is 5.70. The second-order valence-electron chi connectivity index (χ2n) is 8.58. The number of H-pyrrole nitrogens is 1. The van der Waals surface area contributed by atoms with Crippen molar-refractivity contribution in [3.8, 4) is 0 Å². The van der Waals surface area contributed by atoms with Crippen molar-refractivity contribution in [2.45, 2.75) is 38.8 Å². The maximum absolute atomic E-state index is 14.2. The van der Waals surface area contributed by atoms with Gasteiger partial charge in [-0.2, -0.15) is 0 Å². The highest BCUT2D eigenvalue weighted by atomic mass is 35.5. The van der Waals surface area contributed by atoms with Gasteiger partial charge in [0.15, 0.2) is 3.95 Å². The molecule has 0 saturated carbocycles. The molecule has 2 amide bonds. The number of anilines is 1. The number of carbonyl (C=O) groups excluding carboxylic acids is 2. The predicted octanol–water partition coefficient (Wildman–Crippen LogP) is 6.08. The average molecular weight is 478 g/mol. The largest absolute Gasteiger partial charge is 0.337 e. The second-order valence-corrected chi connectivity index (χ2v) is 10.7. The van der Waals surface area contributed by atoms with Crippen LogP contribution in [0.4, 0.5) is 10.1 Å². The molecule has 31 heavy (non-hydrogen) atoms. The number of hydrogen-bond acceptors (Lipinski definition) is 4. The molecule has 0 aliphatic carbocycles. The lowest BCUT2D eigenvalue weighted by molar-refractivity contribution is -0.133. The highest BCUT2D eigenvalue weighted by Crippen LogP contribution is 2.43. The Kier molecular flexibility index (Phi) is 5.66. The highest BCUT2D eigenvalue weighted by Gasteiger charge is 2.48. The van der Waals surface area contributed by atoms with Crippen molar-refractivity contribution in [3.63, 3.8) is 0 Å². The van der Waals surface area contributed by atoms with Gasteiger partial charge in [-0.25, -0.2) is 4.39 Å². The molecule has 3 aromatic rings. The fourth-order valence-electron chi connectivity index (χ4n) is 4.10. The molecule has 1 fully saturated rings. The first-order valence-electron chi connectivity index (χ1n) is 9.75. The third-order valence-corrected chi connectivity index (χ3v) is 6.88. The molecule has 5 nitrogen and oxygen atoms in total. The zero-order chi connectivity index (χ0) is 22.5. The number of rotatable bonds is 3. The van der Waals surface area contributed by atoms with Crippen LogP contribution in [-0.4, -0.2) is 27.2 Å². The molecule has 2 N–H and O–H groups in total. The second kappa shape index (κ2) is 8.00. The third kappa shape index (κ3) is 4.24. The van der Waals surface area contributed by atoms with Crippen molar-refractivity contribution >= 4 is 62.9 Å². The lowest BCUT2D eigenvalue weighted by atomic mass is 9.90. The fourth-order valence-corrected chi connectivity index (χ4v) is 5.32. The Morgan fingerprint density at radius 1 is 1.29 bits per heavy atom. The fraction of sp³-hybridized carbons (Fsp3) is 0.318. The van der Waals surface area contributed by atoms with Crippen LogP contribution in [-0.2, 0) is 9.59 Å².